The van der Waals surface area contributed by atoms with Crippen molar-refractivity contribution in [2.45, 2.75) is 29.2 Å². The summed E-state index contributed by atoms with van der Waals surface area (Å²) in [5.41, 5.74) is 6.64. The fourth-order valence-electron chi connectivity index (χ4n) is 4.85. The molecule has 2 aliphatic rings. The maximum atomic E-state index is 13.4. The van der Waals surface area contributed by atoms with Gasteiger partial charge in [0, 0.05) is 22.7 Å². The van der Waals surface area contributed by atoms with E-state index >= 15 is 0 Å². The van der Waals surface area contributed by atoms with E-state index in [4.69, 9.17) is 14.2 Å². The van der Waals surface area contributed by atoms with Crippen LogP contribution in [0, 0.1) is 0 Å². The number of hydrogen-bond donors (Lipinski definition) is 1. The Labute approximate surface area is 219 Å². The molecule has 1 N–H and O–H groups in total. The van der Waals surface area contributed by atoms with Gasteiger partial charge in [0.1, 0.15) is 4.75 Å². The summed E-state index contributed by atoms with van der Waals surface area (Å²) >= 11 is 1.37. The summed E-state index contributed by atoms with van der Waals surface area (Å²) in [4.78, 5) is 56.0. The highest BCUT2D eigenvalue weighted by Crippen LogP contribution is 2.64. The van der Waals surface area contributed by atoms with Crippen LogP contribution in [-0.2, 0) is 19.9 Å². The van der Waals surface area contributed by atoms with Crippen LogP contribution in [0.5, 0.6) is 0 Å². The molecule has 0 unspecified atom stereocenters. The van der Waals surface area contributed by atoms with Gasteiger partial charge in [-0.2, -0.15) is 0 Å². The molecule has 12 nitrogen and oxygen atoms in total. The van der Waals surface area contributed by atoms with E-state index in [2.05, 4.69) is 15.0 Å². The first-order chi connectivity index (χ1) is 18.4. The topological polar surface area (TPSA) is 165 Å². The summed E-state index contributed by atoms with van der Waals surface area (Å²) in [7, 11) is 1.20. The molecule has 4 atom stereocenters. The van der Waals surface area contributed by atoms with E-state index in [1.165, 1.54) is 37.2 Å². The number of thioether (sulfide) groups is 1. The van der Waals surface area contributed by atoms with Gasteiger partial charge in [-0.25, -0.2) is 14.4 Å². The first-order valence-corrected chi connectivity index (χ1v) is 12.5. The van der Waals surface area contributed by atoms with Crippen LogP contribution in [0.15, 0.2) is 81.6 Å². The third-order valence-electron chi connectivity index (χ3n) is 6.62. The molecule has 194 valence electrons. The van der Waals surface area contributed by atoms with Gasteiger partial charge in [0.25, 0.3) is 5.56 Å². The van der Waals surface area contributed by atoms with Crippen LogP contribution in [0.4, 0.5) is 0 Å². The van der Waals surface area contributed by atoms with Crippen LogP contribution in [0.2, 0.25) is 0 Å². The smallest absolute Gasteiger partial charge is 0.338 e. The van der Waals surface area contributed by atoms with Crippen molar-refractivity contribution in [3.63, 3.8) is 0 Å². The van der Waals surface area contributed by atoms with E-state index in [-0.39, 0.29) is 16.7 Å². The molecule has 1 spiro atoms. The van der Waals surface area contributed by atoms with E-state index in [1.807, 2.05) is 0 Å². The number of nitrogens with one attached hydrogen (secondary N) is 1. The number of carbonyl (C=O) groups is 2. The molecular formula is C25H21N5O7S. The number of aromatic nitrogens is 2. The number of benzene rings is 2. The molecule has 0 amide bonds. The minimum absolute atomic E-state index is 0.0251. The summed E-state index contributed by atoms with van der Waals surface area (Å²) in [6.45, 7) is 0. The van der Waals surface area contributed by atoms with Gasteiger partial charge >= 0.3 is 17.6 Å². The van der Waals surface area contributed by atoms with Crippen molar-refractivity contribution >= 4 is 23.7 Å². The van der Waals surface area contributed by atoms with Crippen LogP contribution < -0.4 is 11.2 Å². The Morgan fingerprint density at radius 1 is 1.13 bits per heavy atom. The van der Waals surface area contributed by atoms with Crippen molar-refractivity contribution < 1.29 is 23.8 Å². The van der Waals surface area contributed by atoms with E-state index in [9.17, 15) is 24.7 Å². The Morgan fingerprint density at radius 2 is 1.84 bits per heavy atom. The monoisotopic (exact) mass is 535 g/mol. The summed E-state index contributed by atoms with van der Waals surface area (Å²) in [5, 5.41) is 4.00. The Balaban J connectivity index is 1.76. The molecule has 5 rings (SSSR count). The Hall–Kier alpha value is -4.32. The van der Waals surface area contributed by atoms with Gasteiger partial charge in [0.05, 0.1) is 18.2 Å². The van der Waals surface area contributed by atoms with Gasteiger partial charge < -0.3 is 14.2 Å². The average molecular weight is 536 g/mol. The normalized spacial score (nSPS) is 25.7. The van der Waals surface area contributed by atoms with Crippen LogP contribution in [0.3, 0.4) is 0 Å². The van der Waals surface area contributed by atoms with Crippen molar-refractivity contribution in [2.75, 3.05) is 12.9 Å². The molecule has 0 saturated carbocycles. The number of carbonyl (C=O) groups excluding carboxylic acids is 2. The molecule has 3 aromatic rings. The maximum absolute atomic E-state index is 13.4. The lowest BCUT2D eigenvalue weighted by molar-refractivity contribution is -0.109. The van der Waals surface area contributed by atoms with Crippen molar-refractivity contribution in [2.24, 2.45) is 5.11 Å². The minimum atomic E-state index is -2.07. The molecular weight excluding hydrogens is 514 g/mol. The van der Waals surface area contributed by atoms with Gasteiger partial charge in [-0.05, 0) is 35.9 Å². The molecule has 3 heterocycles. The molecule has 2 aromatic carbocycles. The molecule has 38 heavy (non-hydrogen) atoms. The molecule has 0 radical (unpaired) electrons. The van der Waals surface area contributed by atoms with Gasteiger partial charge in [0.15, 0.2) is 12.3 Å². The van der Waals surface area contributed by atoms with Crippen LogP contribution in [-0.4, -0.2) is 45.2 Å². The predicted molar refractivity (Wildman–Crippen MR) is 136 cm³/mol. The Kier molecular flexibility index (Phi) is 6.57. The zero-order chi connectivity index (χ0) is 26.9. The fraction of sp³-hybridized carbons (Fsp3) is 0.280. The van der Waals surface area contributed by atoms with Crippen molar-refractivity contribution in [3.05, 3.63) is 115 Å². The second-order valence-electron chi connectivity index (χ2n) is 8.62. The third kappa shape index (κ3) is 3.97. The highest BCUT2D eigenvalue weighted by Gasteiger charge is 2.70. The van der Waals surface area contributed by atoms with E-state index in [0.29, 0.717) is 12.2 Å². The van der Waals surface area contributed by atoms with Crippen LogP contribution in [0.1, 0.15) is 38.9 Å². The standard InChI is InChI=1S/C25H21N5O7S/c1-35-20(33)16-9-5-6-10-17(16)25(28-29-26)21(36-19(32)15-7-3-2-4-8-15)24(12-14-38-24)22(37-25)30-13-11-18(31)27-23(30)34/h2-11,13,21-22H,12,14H2,1H3,(H,27,31,34)/t21-,22+,24+,25+/m0/s1. The number of aromatic amines is 1. The highest BCUT2D eigenvalue weighted by atomic mass is 32.2. The quantitative estimate of drug-likeness (QED) is 0.218. The van der Waals surface area contributed by atoms with Gasteiger partial charge in [-0.3, -0.25) is 14.3 Å². The summed E-state index contributed by atoms with van der Waals surface area (Å²) < 4.78 is 17.5. The number of azide groups is 1. The lowest BCUT2D eigenvalue weighted by Crippen LogP contribution is -2.55. The lowest BCUT2D eigenvalue weighted by Gasteiger charge is -2.45. The number of hydrogen-bond acceptors (Lipinski definition) is 9. The minimum Gasteiger partial charge on any atom is -0.465 e. The Bertz CT molecular complexity index is 1560. The van der Waals surface area contributed by atoms with Crippen LogP contribution >= 0.6 is 11.8 Å². The molecule has 0 aliphatic carbocycles. The molecule has 13 heteroatoms. The maximum Gasteiger partial charge on any atom is 0.338 e. The number of esters is 2. The van der Waals surface area contributed by atoms with Gasteiger partial charge in [0.2, 0.25) is 5.72 Å². The summed E-state index contributed by atoms with van der Waals surface area (Å²) in [6, 6.07) is 15.6. The summed E-state index contributed by atoms with van der Waals surface area (Å²) in [5.74, 6) is -0.819. The fourth-order valence-corrected chi connectivity index (χ4v) is 6.19. The second kappa shape index (κ2) is 9.86. The van der Waals surface area contributed by atoms with Crippen molar-refractivity contribution in [1.29, 1.82) is 0 Å². The predicted octanol–water partition coefficient (Wildman–Crippen LogP) is 3.12. The molecule has 0 bridgehead atoms. The average Bonchev–Trinajstić information content (AvgIpc) is 3.19. The number of H-pyrrole nitrogens is 1. The van der Waals surface area contributed by atoms with Crippen LogP contribution in [0.25, 0.3) is 10.4 Å². The first-order valence-electron chi connectivity index (χ1n) is 11.5. The van der Waals surface area contributed by atoms with Crippen molar-refractivity contribution in [3.8, 4) is 0 Å². The van der Waals surface area contributed by atoms with Gasteiger partial charge in [-0.15, -0.1) is 11.8 Å². The highest BCUT2D eigenvalue weighted by molar-refractivity contribution is 8.02. The van der Waals surface area contributed by atoms with Gasteiger partial charge in [-0.1, -0.05) is 41.5 Å². The number of nitrogens with zero attached hydrogens (tertiary/aromatic N) is 4. The lowest BCUT2D eigenvalue weighted by atomic mass is 9.85. The number of methoxy groups -OCH3 is 1. The van der Waals surface area contributed by atoms with Crippen molar-refractivity contribution in [1.82, 2.24) is 9.55 Å². The molecule has 2 fully saturated rings. The zero-order valence-corrected chi connectivity index (χ0v) is 20.8. The van der Waals surface area contributed by atoms with E-state index < -0.39 is 46.0 Å². The number of rotatable bonds is 6. The zero-order valence-electron chi connectivity index (χ0n) is 20.0. The van der Waals surface area contributed by atoms with E-state index in [0.717, 1.165) is 10.6 Å². The summed E-state index contributed by atoms with van der Waals surface area (Å²) in [6.07, 6.45) is -0.757. The third-order valence-corrected chi connectivity index (χ3v) is 8.19. The SMILES string of the molecule is COC(=O)c1ccccc1[C@@]1(N=[N+]=[N-])O[C@@H](n2ccc(=O)[nH]c2=O)[C@@]2(CCS2)[C@@H]1OC(=O)c1ccccc1. The number of ether oxygens (including phenoxy) is 3. The molecule has 2 aliphatic heterocycles. The molecule has 2 saturated heterocycles. The second-order valence-corrected chi connectivity index (χ2v) is 10.1. The Morgan fingerprint density at radius 3 is 2.47 bits per heavy atom. The van der Waals surface area contributed by atoms with E-state index in [1.54, 1.807) is 42.5 Å². The molecule has 1 aromatic heterocycles. The first kappa shape index (κ1) is 25.3. The largest absolute Gasteiger partial charge is 0.465 e.